The minimum absolute atomic E-state index is 0.0517. The first kappa shape index (κ1) is 15.6. The summed E-state index contributed by atoms with van der Waals surface area (Å²) in [5.74, 6) is -0.451. The molecule has 0 aliphatic carbocycles. The van der Waals surface area contributed by atoms with Crippen molar-refractivity contribution in [1.82, 2.24) is 9.97 Å². The molecule has 0 radical (unpaired) electrons. The van der Waals surface area contributed by atoms with Crippen LogP contribution in [0.2, 0.25) is 5.15 Å². The second kappa shape index (κ2) is 5.93. The van der Waals surface area contributed by atoms with Gasteiger partial charge in [0, 0.05) is 11.5 Å². The zero-order chi connectivity index (χ0) is 15.7. The van der Waals surface area contributed by atoms with E-state index in [-0.39, 0.29) is 16.8 Å². The topological polar surface area (TPSA) is 37.8 Å². The Bertz CT molecular complexity index is 687. The van der Waals surface area contributed by atoms with Gasteiger partial charge in [0.2, 0.25) is 0 Å². The summed E-state index contributed by atoms with van der Waals surface area (Å²) in [5.41, 5.74) is 0.657. The van der Waals surface area contributed by atoms with Gasteiger partial charge in [0.1, 0.15) is 28.3 Å². The van der Waals surface area contributed by atoms with E-state index in [0.717, 1.165) is 0 Å². The third-order valence-electron chi connectivity index (χ3n) is 3.15. The van der Waals surface area contributed by atoms with E-state index in [2.05, 4.69) is 15.3 Å². The molecule has 0 saturated carbocycles. The number of benzene rings is 1. The van der Waals surface area contributed by atoms with Crippen LogP contribution in [0.25, 0.3) is 0 Å². The van der Waals surface area contributed by atoms with Crippen LogP contribution in [0, 0.1) is 25.5 Å². The summed E-state index contributed by atoms with van der Waals surface area (Å²) in [4.78, 5) is 8.46. The lowest BCUT2D eigenvalue weighted by Gasteiger charge is -2.14. The van der Waals surface area contributed by atoms with Crippen molar-refractivity contribution in [2.45, 2.75) is 33.6 Å². The van der Waals surface area contributed by atoms with Crippen LogP contribution in [-0.2, 0) is 0 Å². The fourth-order valence-corrected chi connectivity index (χ4v) is 1.95. The highest BCUT2D eigenvalue weighted by Gasteiger charge is 2.16. The average Bonchev–Trinajstić information content (AvgIpc) is 2.43. The van der Waals surface area contributed by atoms with E-state index in [1.165, 1.54) is 12.1 Å². The first-order chi connectivity index (χ1) is 9.81. The van der Waals surface area contributed by atoms with Gasteiger partial charge in [-0.2, -0.15) is 0 Å². The molecule has 21 heavy (non-hydrogen) atoms. The molecule has 1 aromatic heterocycles. The summed E-state index contributed by atoms with van der Waals surface area (Å²) in [6.07, 6.45) is 0. The molecule has 0 fully saturated rings. The Hall–Kier alpha value is -1.75. The SMILES string of the molecule is Cc1ccc(F)c(Nc2nc(C(C)C)nc(Cl)c2C)c1F. The Kier molecular flexibility index (Phi) is 4.42. The number of halogens is 3. The van der Waals surface area contributed by atoms with E-state index in [4.69, 9.17) is 11.6 Å². The summed E-state index contributed by atoms with van der Waals surface area (Å²) in [6, 6.07) is 2.59. The van der Waals surface area contributed by atoms with Gasteiger partial charge >= 0.3 is 0 Å². The molecule has 1 heterocycles. The zero-order valence-corrected chi connectivity index (χ0v) is 13.0. The van der Waals surface area contributed by atoms with Crippen LogP contribution in [0.15, 0.2) is 12.1 Å². The zero-order valence-electron chi connectivity index (χ0n) is 12.3. The van der Waals surface area contributed by atoms with Crippen molar-refractivity contribution >= 4 is 23.1 Å². The van der Waals surface area contributed by atoms with Gasteiger partial charge in [-0.1, -0.05) is 31.5 Å². The number of aryl methyl sites for hydroxylation is 1. The van der Waals surface area contributed by atoms with Crippen LogP contribution in [-0.4, -0.2) is 9.97 Å². The molecule has 0 unspecified atom stereocenters. The maximum atomic E-state index is 14.1. The second-order valence-corrected chi connectivity index (χ2v) is 5.54. The normalized spacial score (nSPS) is 11.0. The molecule has 112 valence electrons. The van der Waals surface area contributed by atoms with E-state index in [9.17, 15) is 8.78 Å². The molecule has 1 N–H and O–H groups in total. The first-order valence-electron chi connectivity index (χ1n) is 6.57. The van der Waals surface area contributed by atoms with E-state index >= 15 is 0 Å². The lowest BCUT2D eigenvalue weighted by atomic mass is 10.2. The predicted molar refractivity (Wildman–Crippen MR) is 80.2 cm³/mol. The Morgan fingerprint density at radius 1 is 1.14 bits per heavy atom. The van der Waals surface area contributed by atoms with Crippen LogP contribution < -0.4 is 5.32 Å². The van der Waals surface area contributed by atoms with Gasteiger partial charge in [-0.25, -0.2) is 18.7 Å². The van der Waals surface area contributed by atoms with Gasteiger partial charge in [0.05, 0.1) is 0 Å². The van der Waals surface area contributed by atoms with Crippen molar-refractivity contribution in [2.75, 3.05) is 5.32 Å². The Labute approximate surface area is 127 Å². The summed E-state index contributed by atoms with van der Waals surface area (Å²) >= 11 is 6.06. The molecule has 1 aromatic carbocycles. The molecule has 0 bridgehead atoms. The number of hydrogen-bond donors (Lipinski definition) is 1. The van der Waals surface area contributed by atoms with Crippen LogP contribution in [0.1, 0.15) is 36.7 Å². The highest BCUT2D eigenvalue weighted by Crippen LogP contribution is 2.29. The van der Waals surface area contributed by atoms with E-state index < -0.39 is 11.6 Å². The Morgan fingerprint density at radius 3 is 2.43 bits per heavy atom. The average molecular weight is 312 g/mol. The molecular weight excluding hydrogens is 296 g/mol. The number of hydrogen-bond acceptors (Lipinski definition) is 3. The van der Waals surface area contributed by atoms with Gasteiger partial charge < -0.3 is 5.32 Å². The van der Waals surface area contributed by atoms with Gasteiger partial charge in [-0.15, -0.1) is 0 Å². The number of aromatic nitrogens is 2. The quantitative estimate of drug-likeness (QED) is 0.820. The van der Waals surface area contributed by atoms with Crippen LogP contribution >= 0.6 is 11.6 Å². The number of nitrogens with one attached hydrogen (secondary N) is 1. The van der Waals surface area contributed by atoms with Gasteiger partial charge in [0.25, 0.3) is 0 Å². The number of nitrogens with zero attached hydrogens (tertiary/aromatic N) is 2. The summed E-state index contributed by atoms with van der Waals surface area (Å²) < 4.78 is 27.9. The van der Waals surface area contributed by atoms with E-state index in [0.29, 0.717) is 22.8 Å². The molecule has 0 aliphatic heterocycles. The van der Waals surface area contributed by atoms with Gasteiger partial charge in [-0.05, 0) is 25.5 Å². The number of rotatable bonds is 3. The van der Waals surface area contributed by atoms with E-state index in [1.807, 2.05) is 13.8 Å². The third-order valence-corrected chi connectivity index (χ3v) is 3.52. The molecule has 2 rings (SSSR count). The minimum Gasteiger partial charge on any atom is -0.335 e. The summed E-state index contributed by atoms with van der Waals surface area (Å²) in [7, 11) is 0. The van der Waals surface area contributed by atoms with Gasteiger partial charge in [0.15, 0.2) is 5.82 Å². The van der Waals surface area contributed by atoms with Crippen molar-refractivity contribution < 1.29 is 8.78 Å². The van der Waals surface area contributed by atoms with Crippen LogP contribution in [0.4, 0.5) is 20.3 Å². The summed E-state index contributed by atoms with van der Waals surface area (Å²) in [5, 5.41) is 2.97. The molecule has 6 heteroatoms. The molecule has 2 aromatic rings. The highest BCUT2D eigenvalue weighted by atomic mass is 35.5. The highest BCUT2D eigenvalue weighted by molar-refractivity contribution is 6.30. The fourth-order valence-electron chi connectivity index (χ4n) is 1.78. The molecule has 0 atom stereocenters. The maximum Gasteiger partial charge on any atom is 0.152 e. The van der Waals surface area contributed by atoms with Crippen LogP contribution in [0.5, 0.6) is 0 Å². The Morgan fingerprint density at radius 2 is 1.81 bits per heavy atom. The van der Waals surface area contributed by atoms with Crippen LogP contribution in [0.3, 0.4) is 0 Å². The molecular formula is C15H16ClF2N3. The minimum atomic E-state index is -0.682. The first-order valence-corrected chi connectivity index (χ1v) is 6.94. The predicted octanol–water partition coefficient (Wildman–Crippen LogP) is 4.89. The van der Waals surface area contributed by atoms with Crippen molar-refractivity contribution in [3.8, 4) is 0 Å². The lowest BCUT2D eigenvalue weighted by Crippen LogP contribution is -2.07. The van der Waals surface area contributed by atoms with Crippen molar-refractivity contribution in [1.29, 1.82) is 0 Å². The lowest BCUT2D eigenvalue weighted by molar-refractivity contribution is 0.584. The fraction of sp³-hybridized carbons (Fsp3) is 0.333. The standard InChI is InChI=1S/C15H16ClF2N3/c1-7(2)14-20-13(16)9(4)15(21-14)19-12-10(17)6-5-8(3)11(12)18/h5-7H,1-4H3,(H,19,20,21). The second-order valence-electron chi connectivity index (χ2n) is 5.18. The van der Waals surface area contributed by atoms with Crippen molar-refractivity contribution in [2.24, 2.45) is 0 Å². The summed E-state index contributed by atoms with van der Waals surface area (Å²) in [6.45, 7) is 7.09. The number of anilines is 2. The molecule has 0 spiro atoms. The largest absolute Gasteiger partial charge is 0.335 e. The Balaban J connectivity index is 2.52. The molecule has 3 nitrogen and oxygen atoms in total. The maximum absolute atomic E-state index is 14.1. The third kappa shape index (κ3) is 3.13. The molecule has 0 aliphatic rings. The van der Waals surface area contributed by atoms with Gasteiger partial charge in [-0.3, -0.25) is 0 Å². The monoisotopic (exact) mass is 311 g/mol. The van der Waals surface area contributed by atoms with E-state index in [1.54, 1.807) is 13.8 Å². The smallest absolute Gasteiger partial charge is 0.152 e. The van der Waals surface area contributed by atoms with Crippen molar-refractivity contribution in [3.63, 3.8) is 0 Å². The van der Waals surface area contributed by atoms with Crippen molar-refractivity contribution in [3.05, 3.63) is 45.9 Å². The molecule has 0 amide bonds. The molecule has 0 saturated heterocycles.